The van der Waals surface area contributed by atoms with Crippen LogP contribution in [0, 0.1) is 0 Å². The Kier molecular flexibility index (Phi) is 2.79. The first kappa shape index (κ1) is 12.2. The first-order valence-electron chi connectivity index (χ1n) is 5.48. The van der Waals surface area contributed by atoms with Crippen molar-refractivity contribution < 1.29 is 8.42 Å². The van der Waals surface area contributed by atoms with Crippen LogP contribution in [0.4, 0.5) is 11.4 Å². The summed E-state index contributed by atoms with van der Waals surface area (Å²) in [4.78, 5) is 0.184. The van der Waals surface area contributed by atoms with Crippen LogP contribution in [0.15, 0.2) is 23.1 Å². The summed E-state index contributed by atoms with van der Waals surface area (Å²) in [5.41, 5.74) is 7.22. The van der Waals surface area contributed by atoms with Crippen LogP contribution in [0.3, 0.4) is 0 Å². The van der Waals surface area contributed by atoms with E-state index in [0.717, 1.165) is 18.5 Å². The van der Waals surface area contributed by atoms with Crippen LogP contribution in [-0.2, 0) is 10.0 Å². The molecule has 0 bridgehead atoms. The zero-order valence-electron chi connectivity index (χ0n) is 9.95. The Balaban J connectivity index is 2.29. The van der Waals surface area contributed by atoms with Crippen LogP contribution >= 0.6 is 0 Å². The molecule has 0 heterocycles. The fourth-order valence-electron chi connectivity index (χ4n) is 1.58. The third-order valence-electron chi connectivity index (χ3n) is 3.04. The molecule has 0 spiro atoms. The highest BCUT2D eigenvalue weighted by atomic mass is 32.2. The maximum atomic E-state index is 11.6. The van der Waals surface area contributed by atoms with Crippen molar-refractivity contribution in [3.63, 3.8) is 0 Å². The minimum absolute atomic E-state index is 0.123. The molecule has 1 aliphatic carbocycles. The van der Waals surface area contributed by atoms with E-state index in [1.807, 2.05) is 0 Å². The van der Waals surface area contributed by atoms with E-state index >= 15 is 0 Å². The van der Waals surface area contributed by atoms with Gasteiger partial charge in [0.1, 0.15) is 0 Å². The number of nitrogens with one attached hydrogen (secondary N) is 2. The number of nitrogen functional groups attached to an aromatic ring is 1. The molecule has 1 aromatic carbocycles. The molecule has 6 heteroatoms. The molecule has 0 atom stereocenters. The predicted molar refractivity (Wildman–Crippen MR) is 68.4 cm³/mol. The first-order valence-corrected chi connectivity index (χ1v) is 6.96. The lowest BCUT2D eigenvalue weighted by Gasteiger charge is -2.15. The van der Waals surface area contributed by atoms with Gasteiger partial charge in [-0.05, 0) is 45.0 Å². The number of nitrogens with two attached hydrogens (primary N) is 1. The van der Waals surface area contributed by atoms with E-state index in [0.29, 0.717) is 5.69 Å². The van der Waals surface area contributed by atoms with Gasteiger partial charge in [-0.25, -0.2) is 13.1 Å². The molecule has 0 unspecified atom stereocenters. The second-order valence-electron chi connectivity index (χ2n) is 4.64. The third-order valence-corrected chi connectivity index (χ3v) is 4.45. The molecule has 0 radical (unpaired) electrons. The molecule has 0 amide bonds. The molecule has 0 saturated heterocycles. The van der Waals surface area contributed by atoms with Crippen molar-refractivity contribution in [2.45, 2.75) is 30.2 Å². The second-order valence-corrected chi connectivity index (χ2v) is 6.53. The molecule has 1 saturated carbocycles. The molecule has 0 aromatic heterocycles. The average Bonchev–Trinajstić information content (AvgIpc) is 2.99. The summed E-state index contributed by atoms with van der Waals surface area (Å²) in [6, 6.07) is 4.74. The molecular formula is C11H17N3O2S. The van der Waals surface area contributed by atoms with Crippen molar-refractivity contribution >= 4 is 21.4 Å². The van der Waals surface area contributed by atoms with Crippen molar-refractivity contribution in [3.05, 3.63) is 18.2 Å². The number of anilines is 2. The van der Waals surface area contributed by atoms with E-state index < -0.39 is 10.0 Å². The number of hydrogen-bond acceptors (Lipinski definition) is 4. The van der Waals surface area contributed by atoms with Gasteiger partial charge in [-0.2, -0.15) is 0 Å². The summed E-state index contributed by atoms with van der Waals surface area (Å²) in [5, 5.41) is 3.32. The molecule has 2 rings (SSSR count). The molecule has 0 aliphatic heterocycles. The van der Waals surface area contributed by atoms with E-state index in [-0.39, 0.29) is 10.4 Å². The summed E-state index contributed by atoms with van der Waals surface area (Å²) in [7, 11) is -2.05. The van der Waals surface area contributed by atoms with Crippen LogP contribution in [0.5, 0.6) is 0 Å². The second kappa shape index (κ2) is 3.89. The van der Waals surface area contributed by atoms with Gasteiger partial charge in [0, 0.05) is 5.54 Å². The maximum Gasteiger partial charge on any atom is 0.240 e. The Morgan fingerprint density at radius 2 is 2.00 bits per heavy atom. The topological polar surface area (TPSA) is 84.2 Å². The van der Waals surface area contributed by atoms with E-state index in [9.17, 15) is 8.42 Å². The lowest BCUT2D eigenvalue weighted by Crippen LogP contribution is -2.20. The number of sulfonamides is 1. The summed E-state index contributed by atoms with van der Waals surface area (Å²) in [5.74, 6) is 0. The fraction of sp³-hybridized carbons (Fsp3) is 0.455. The zero-order chi connectivity index (χ0) is 12.7. The Labute approximate surface area is 101 Å². The SMILES string of the molecule is CNS(=O)(=O)c1ccc(NC2(C)CC2)c(N)c1. The van der Waals surface area contributed by atoms with Gasteiger partial charge in [-0.1, -0.05) is 0 Å². The largest absolute Gasteiger partial charge is 0.397 e. The molecule has 5 nitrogen and oxygen atoms in total. The normalized spacial score (nSPS) is 17.8. The maximum absolute atomic E-state index is 11.6. The van der Waals surface area contributed by atoms with Gasteiger partial charge in [-0.15, -0.1) is 0 Å². The Bertz CT molecular complexity index is 536. The zero-order valence-corrected chi connectivity index (χ0v) is 10.8. The highest BCUT2D eigenvalue weighted by Gasteiger charge is 2.37. The van der Waals surface area contributed by atoms with Crippen LogP contribution in [0.2, 0.25) is 0 Å². The Morgan fingerprint density at radius 1 is 1.35 bits per heavy atom. The van der Waals surface area contributed by atoms with Gasteiger partial charge in [0.05, 0.1) is 16.3 Å². The summed E-state index contributed by atoms with van der Waals surface area (Å²) < 4.78 is 25.4. The van der Waals surface area contributed by atoms with Gasteiger partial charge in [0.15, 0.2) is 0 Å². The number of rotatable bonds is 4. The van der Waals surface area contributed by atoms with Crippen molar-refractivity contribution in [1.29, 1.82) is 0 Å². The highest BCUT2D eigenvalue weighted by Crippen LogP contribution is 2.39. The van der Waals surface area contributed by atoms with Gasteiger partial charge in [-0.3, -0.25) is 0 Å². The molecule has 17 heavy (non-hydrogen) atoms. The van der Waals surface area contributed by atoms with Crippen molar-refractivity contribution in [1.82, 2.24) is 4.72 Å². The number of benzene rings is 1. The molecule has 94 valence electrons. The average molecular weight is 255 g/mol. The summed E-state index contributed by atoms with van der Waals surface area (Å²) in [6.45, 7) is 2.12. The van der Waals surface area contributed by atoms with Crippen molar-refractivity contribution in [2.75, 3.05) is 18.1 Å². The summed E-state index contributed by atoms with van der Waals surface area (Å²) >= 11 is 0. The number of hydrogen-bond donors (Lipinski definition) is 3. The molecule has 4 N–H and O–H groups in total. The fourth-order valence-corrected chi connectivity index (χ4v) is 2.34. The van der Waals surface area contributed by atoms with Gasteiger partial charge < -0.3 is 11.1 Å². The molecule has 1 aliphatic rings. The Hall–Kier alpha value is -1.27. The lowest BCUT2D eigenvalue weighted by molar-refractivity contribution is 0.588. The highest BCUT2D eigenvalue weighted by molar-refractivity contribution is 7.89. The quantitative estimate of drug-likeness (QED) is 0.704. The van der Waals surface area contributed by atoms with Gasteiger partial charge in [0.2, 0.25) is 10.0 Å². The molecular weight excluding hydrogens is 238 g/mol. The van der Waals surface area contributed by atoms with E-state index in [1.54, 1.807) is 12.1 Å². The smallest absolute Gasteiger partial charge is 0.240 e. The van der Waals surface area contributed by atoms with E-state index in [2.05, 4.69) is 17.0 Å². The van der Waals surface area contributed by atoms with Gasteiger partial charge >= 0.3 is 0 Å². The summed E-state index contributed by atoms with van der Waals surface area (Å²) in [6.07, 6.45) is 2.23. The van der Waals surface area contributed by atoms with Crippen LogP contribution in [0.25, 0.3) is 0 Å². The van der Waals surface area contributed by atoms with Crippen molar-refractivity contribution in [2.24, 2.45) is 0 Å². The van der Waals surface area contributed by atoms with E-state index in [1.165, 1.54) is 13.1 Å². The van der Waals surface area contributed by atoms with E-state index in [4.69, 9.17) is 5.73 Å². The Morgan fingerprint density at radius 3 is 2.47 bits per heavy atom. The molecule has 1 fully saturated rings. The monoisotopic (exact) mass is 255 g/mol. The standard InChI is InChI=1S/C11H17N3O2S/c1-11(5-6-11)14-10-4-3-8(7-9(10)12)17(15,16)13-2/h3-4,7,13-14H,5-6,12H2,1-2H3. The van der Waals surface area contributed by atoms with Crippen LogP contribution < -0.4 is 15.8 Å². The third kappa shape index (κ3) is 2.53. The van der Waals surface area contributed by atoms with Crippen LogP contribution in [-0.4, -0.2) is 21.0 Å². The van der Waals surface area contributed by atoms with Crippen molar-refractivity contribution in [3.8, 4) is 0 Å². The lowest BCUT2D eigenvalue weighted by atomic mass is 10.2. The first-order chi connectivity index (χ1) is 7.86. The van der Waals surface area contributed by atoms with Gasteiger partial charge in [0.25, 0.3) is 0 Å². The minimum Gasteiger partial charge on any atom is -0.397 e. The molecule has 1 aromatic rings. The predicted octanol–water partition coefficient (Wildman–Crippen LogP) is 1.14. The van der Waals surface area contributed by atoms with Crippen LogP contribution in [0.1, 0.15) is 19.8 Å². The minimum atomic E-state index is -3.42.